The molecule has 1 aromatic rings. The Morgan fingerprint density at radius 2 is 2.10 bits per heavy atom. The van der Waals surface area contributed by atoms with Gasteiger partial charge in [0.2, 0.25) is 0 Å². The van der Waals surface area contributed by atoms with Crippen LogP contribution < -0.4 is 10.6 Å². The van der Waals surface area contributed by atoms with Crippen molar-refractivity contribution in [2.75, 3.05) is 59.1 Å². The lowest BCUT2D eigenvalue weighted by Crippen LogP contribution is -2.48. The van der Waals surface area contributed by atoms with E-state index in [1.165, 1.54) is 6.42 Å². The highest BCUT2D eigenvalue weighted by Crippen LogP contribution is 2.12. The smallest absolute Gasteiger partial charge is 0.191 e. The number of ether oxygens (including phenoxy) is 2. The van der Waals surface area contributed by atoms with E-state index in [9.17, 15) is 5.11 Å². The molecular formula is C21H37IN4O4. The summed E-state index contributed by atoms with van der Waals surface area (Å²) in [5.74, 6) is 1.64. The topological polar surface area (TPSA) is 91.5 Å². The van der Waals surface area contributed by atoms with E-state index in [1.807, 2.05) is 19.1 Å². The van der Waals surface area contributed by atoms with Crippen LogP contribution in [0.2, 0.25) is 0 Å². The van der Waals surface area contributed by atoms with Gasteiger partial charge in [0, 0.05) is 45.8 Å². The van der Waals surface area contributed by atoms with Crippen molar-refractivity contribution >= 4 is 29.9 Å². The van der Waals surface area contributed by atoms with Crippen molar-refractivity contribution < 1.29 is 19.0 Å². The van der Waals surface area contributed by atoms with E-state index in [2.05, 4.69) is 20.5 Å². The quantitative estimate of drug-likeness (QED) is 0.251. The van der Waals surface area contributed by atoms with Gasteiger partial charge in [-0.1, -0.05) is 0 Å². The molecule has 8 nitrogen and oxygen atoms in total. The lowest BCUT2D eigenvalue weighted by atomic mass is 10.1. The second-order valence-electron chi connectivity index (χ2n) is 8.18. The second kappa shape index (κ2) is 13.5. The van der Waals surface area contributed by atoms with E-state index in [4.69, 9.17) is 13.9 Å². The molecule has 0 aromatic carbocycles. The highest BCUT2D eigenvalue weighted by Gasteiger charge is 2.25. The van der Waals surface area contributed by atoms with Crippen molar-refractivity contribution in [1.82, 2.24) is 15.5 Å². The fourth-order valence-corrected chi connectivity index (χ4v) is 3.65. The SMILES string of the molecule is CC(O)(CN=C(NCCc1ccco1)NCC1CCCCO1)CN1CCOCC1.I. The van der Waals surface area contributed by atoms with Gasteiger partial charge in [-0.25, -0.2) is 0 Å². The van der Waals surface area contributed by atoms with Crippen LogP contribution in [0, 0.1) is 0 Å². The van der Waals surface area contributed by atoms with Gasteiger partial charge in [0.05, 0.1) is 37.7 Å². The van der Waals surface area contributed by atoms with Crippen molar-refractivity contribution in [3.8, 4) is 0 Å². The number of furan rings is 1. The normalized spacial score (nSPS) is 22.7. The molecule has 9 heteroatoms. The molecule has 2 atom stereocenters. The van der Waals surface area contributed by atoms with Crippen molar-refractivity contribution in [1.29, 1.82) is 0 Å². The third-order valence-corrected chi connectivity index (χ3v) is 5.26. The zero-order valence-corrected chi connectivity index (χ0v) is 20.3. The molecule has 0 amide bonds. The Bertz CT molecular complexity index is 600. The molecule has 30 heavy (non-hydrogen) atoms. The van der Waals surface area contributed by atoms with Crippen molar-refractivity contribution in [3.05, 3.63) is 24.2 Å². The van der Waals surface area contributed by atoms with Crippen LogP contribution in [0.15, 0.2) is 27.8 Å². The van der Waals surface area contributed by atoms with Gasteiger partial charge in [-0.05, 0) is 38.3 Å². The molecule has 3 heterocycles. The predicted molar refractivity (Wildman–Crippen MR) is 128 cm³/mol. The van der Waals surface area contributed by atoms with E-state index in [-0.39, 0.29) is 30.1 Å². The zero-order valence-electron chi connectivity index (χ0n) is 18.0. The van der Waals surface area contributed by atoms with Crippen LogP contribution in [0.5, 0.6) is 0 Å². The first-order chi connectivity index (χ1) is 14.1. The van der Waals surface area contributed by atoms with Gasteiger partial charge in [-0.15, -0.1) is 24.0 Å². The molecule has 0 radical (unpaired) electrons. The van der Waals surface area contributed by atoms with Crippen LogP contribution in [-0.4, -0.2) is 86.8 Å². The highest BCUT2D eigenvalue weighted by atomic mass is 127. The lowest BCUT2D eigenvalue weighted by Gasteiger charge is -2.33. The molecule has 0 saturated carbocycles. The maximum Gasteiger partial charge on any atom is 0.191 e. The molecule has 2 aliphatic heterocycles. The Kier molecular flexibility index (Phi) is 11.4. The number of β-amino-alcohol motifs (C(OH)–C–C–N with tert-alkyl or cyclic N) is 1. The first kappa shape index (κ1) is 25.4. The summed E-state index contributed by atoms with van der Waals surface area (Å²) in [5.41, 5.74) is -0.895. The summed E-state index contributed by atoms with van der Waals surface area (Å²) in [4.78, 5) is 6.89. The number of guanidine groups is 1. The van der Waals surface area contributed by atoms with Crippen LogP contribution in [0.4, 0.5) is 0 Å². The van der Waals surface area contributed by atoms with Crippen LogP contribution in [0.1, 0.15) is 31.9 Å². The Balaban J connectivity index is 0.00000320. The van der Waals surface area contributed by atoms with Gasteiger partial charge in [0.1, 0.15) is 5.76 Å². The average molecular weight is 536 g/mol. The number of nitrogens with zero attached hydrogens (tertiary/aromatic N) is 2. The third-order valence-electron chi connectivity index (χ3n) is 5.26. The number of rotatable bonds is 9. The molecule has 0 spiro atoms. The molecule has 1 aromatic heterocycles. The first-order valence-electron chi connectivity index (χ1n) is 10.8. The van der Waals surface area contributed by atoms with Crippen molar-refractivity contribution in [2.45, 2.75) is 44.3 Å². The third kappa shape index (κ3) is 9.51. The summed E-state index contributed by atoms with van der Waals surface area (Å²) in [6.45, 7) is 8.17. The summed E-state index contributed by atoms with van der Waals surface area (Å²) >= 11 is 0. The summed E-state index contributed by atoms with van der Waals surface area (Å²) in [6.07, 6.45) is 6.10. The molecule has 172 valence electrons. The summed E-state index contributed by atoms with van der Waals surface area (Å²) in [5, 5.41) is 17.6. The molecule has 3 rings (SSSR count). The number of nitrogens with one attached hydrogen (secondary N) is 2. The summed E-state index contributed by atoms with van der Waals surface area (Å²) in [7, 11) is 0. The van der Waals surface area contributed by atoms with Crippen molar-refractivity contribution in [2.24, 2.45) is 4.99 Å². The van der Waals surface area contributed by atoms with E-state index < -0.39 is 5.60 Å². The molecule has 0 bridgehead atoms. The summed E-state index contributed by atoms with van der Waals surface area (Å²) in [6, 6.07) is 3.86. The average Bonchev–Trinajstić information content (AvgIpc) is 3.24. The Hall–Kier alpha value is -0.880. The molecule has 2 aliphatic rings. The minimum absolute atomic E-state index is 0. The van der Waals surface area contributed by atoms with Crippen LogP contribution >= 0.6 is 24.0 Å². The van der Waals surface area contributed by atoms with E-state index >= 15 is 0 Å². The fourth-order valence-electron chi connectivity index (χ4n) is 3.65. The molecular weight excluding hydrogens is 499 g/mol. The second-order valence-corrected chi connectivity index (χ2v) is 8.18. The van der Waals surface area contributed by atoms with Gasteiger partial charge < -0.3 is 29.6 Å². The zero-order chi connectivity index (χ0) is 20.4. The molecule has 2 fully saturated rings. The lowest BCUT2D eigenvalue weighted by molar-refractivity contribution is -0.0180. The molecule has 3 N–H and O–H groups in total. The Labute approximate surface area is 196 Å². The highest BCUT2D eigenvalue weighted by molar-refractivity contribution is 14.0. The monoisotopic (exact) mass is 536 g/mol. The van der Waals surface area contributed by atoms with Gasteiger partial charge in [0.15, 0.2) is 5.96 Å². The summed E-state index contributed by atoms with van der Waals surface area (Å²) < 4.78 is 16.6. The minimum atomic E-state index is -0.895. The number of aliphatic imine (C=N–C) groups is 1. The van der Waals surface area contributed by atoms with E-state index in [0.29, 0.717) is 25.6 Å². The number of hydrogen-bond donors (Lipinski definition) is 3. The maximum atomic E-state index is 10.8. The number of aliphatic hydroxyl groups is 1. The number of morpholine rings is 1. The van der Waals surface area contributed by atoms with Gasteiger partial charge in [0.25, 0.3) is 0 Å². The largest absolute Gasteiger partial charge is 0.469 e. The molecule has 0 aliphatic carbocycles. The van der Waals surface area contributed by atoms with Gasteiger partial charge >= 0.3 is 0 Å². The number of hydrogen-bond acceptors (Lipinski definition) is 6. The van der Waals surface area contributed by atoms with Crippen molar-refractivity contribution in [3.63, 3.8) is 0 Å². The Morgan fingerprint density at radius 3 is 2.80 bits per heavy atom. The van der Waals surface area contributed by atoms with Gasteiger partial charge in [-0.3, -0.25) is 9.89 Å². The van der Waals surface area contributed by atoms with E-state index in [0.717, 1.165) is 64.5 Å². The van der Waals surface area contributed by atoms with Gasteiger partial charge in [-0.2, -0.15) is 0 Å². The minimum Gasteiger partial charge on any atom is -0.469 e. The Morgan fingerprint density at radius 1 is 1.27 bits per heavy atom. The van der Waals surface area contributed by atoms with E-state index in [1.54, 1.807) is 6.26 Å². The maximum absolute atomic E-state index is 10.8. The van der Waals surface area contributed by atoms with Crippen LogP contribution in [0.25, 0.3) is 0 Å². The predicted octanol–water partition coefficient (Wildman–Crippen LogP) is 1.63. The fraction of sp³-hybridized carbons (Fsp3) is 0.762. The molecule has 2 saturated heterocycles. The standard InChI is InChI=1S/C21H36N4O4.HI/c1-21(26,17-25-9-13-27-14-10-25)16-24-20(22-8-7-18-6-4-12-28-18)23-15-19-5-2-3-11-29-19;/h4,6,12,19,26H,2-3,5,7-11,13-17H2,1H3,(H2,22,23,24);1H. The van der Waals surface area contributed by atoms with Crippen LogP contribution in [-0.2, 0) is 15.9 Å². The van der Waals surface area contributed by atoms with Crippen LogP contribution in [0.3, 0.4) is 0 Å². The molecule has 2 unspecified atom stereocenters. The number of halogens is 1. The first-order valence-corrected chi connectivity index (χ1v) is 10.8.